The Morgan fingerprint density at radius 1 is 1.04 bits per heavy atom. The van der Waals surface area contributed by atoms with E-state index < -0.39 is 34.3 Å². The monoisotopic (exact) mass is 410 g/mol. The molecule has 0 radical (unpaired) electrons. The summed E-state index contributed by atoms with van der Waals surface area (Å²) in [5.74, 6) is -5.00. The lowest BCUT2D eigenvalue weighted by Crippen LogP contribution is -2.23. The van der Waals surface area contributed by atoms with E-state index in [2.05, 4.69) is 15.5 Å². The molecule has 0 saturated carbocycles. The van der Waals surface area contributed by atoms with Gasteiger partial charge in [-0.1, -0.05) is 11.8 Å². The summed E-state index contributed by atoms with van der Waals surface area (Å²) >= 11 is 1.04. The number of carbonyl (C=O) groups excluding carboxylic acids is 1. The summed E-state index contributed by atoms with van der Waals surface area (Å²) in [6.07, 6.45) is 0. The largest absolute Gasteiger partial charge is 0.323 e. The second-order valence-electron chi connectivity index (χ2n) is 5.84. The van der Waals surface area contributed by atoms with Gasteiger partial charge in [-0.3, -0.25) is 4.79 Å². The number of halogens is 4. The molecule has 0 fully saturated rings. The highest BCUT2D eigenvalue weighted by Gasteiger charge is 2.22. The minimum atomic E-state index is -1.66. The molecule has 0 bridgehead atoms. The van der Waals surface area contributed by atoms with Crippen LogP contribution in [0.15, 0.2) is 41.6 Å². The van der Waals surface area contributed by atoms with E-state index in [9.17, 15) is 22.4 Å². The Morgan fingerprint density at radius 3 is 2.39 bits per heavy atom. The van der Waals surface area contributed by atoms with Crippen LogP contribution in [0.2, 0.25) is 0 Å². The predicted molar refractivity (Wildman–Crippen MR) is 96.7 cm³/mol. The lowest BCUT2D eigenvalue weighted by atomic mass is 10.2. The van der Waals surface area contributed by atoms with Gasteiger partial charge in [0.1, 0.15) is 5.82 Å². The second-order valence-corrected chi connectivity index (χ2v) is 7.15. The van der Waals surface area contributed by atoms with Gasteiger partial charge in [-0.15, -0.1) is 10.2 Å². The molecule has 10 heteroatoms. The average Bonchev–Trinajstić information content (AvgIpc) is 3.03. The summed E-state index contributed by atoms with van der Waals surface area (Å²) in [4.78, 5) is 12.3. The fraction of sp³-hybridized carbons (Fsp3) is 0.167. The molecule has 0 unspecified atom stereocenters. The molecule has 146 valence electrons. The van der Waals surface area contributed by atoms with E-state index >= 15 is 0 Å². The summed E-state index contributed by atoms with van der Waals surface area (Å²) < 4.78 is 54.7. The van der Waals surface area contributed by atoms with Crippen LogP contribution in [0.3, 0.4) is 0 Å². The van der Waals surface area contributed by atoms with Gasteiger partial charge in [0.25, 0.3) is 0 Å². The van der Waals surface area contributed by atoms with E-state index in [4.69, 9.17) is 0 Å². The number of aromatic nitrogens is 3. The molecule has 1 aromatic heterocycles. The molecule has 2 aromatic carbocycles. The Bertz CT molecular complexity index is 1020. The molecule has 0 saturated heterocycles. The molecule has 1 N–H and O–H groups in total. The van der Waals surface area contributed by atoms with Gasteiger partial charge in [-0.2, -0.15) is 0 Å². The Labute approximate surface area is 161 Å². The normalized spacial score (nSPS) is 12.1. The topological polar surface area (TPSA) is 59.8 Å². The Kier molecular flexibility index (Phi) is 5.68. The first-order valence-corrected chi connectivity index (χ1v) is 8.92. The highest BCUT2D eigenvalue weighted by Crippen LogP contribution is 2.27. The number of nitrogens with one attached hydrogen (secondary N) is 1. The van der Waals surface area contributed by atoms with Crippen LogP contribution in [-0.2, 0) is 11.8 Å². The van der Waals surface area contributed by atoms with Crippen molar-refractivity contribution in [2.75, 3.05) is 5.32 Å². The standard InChI is InChI=1S/C18H14F4N4OS/c1-9(17(27)23-13-8-7-12(20)14(21)15(13)22)28-18-25-24-16(26(18)2)10-3-5-11(19)6-4-10/h3-9H,1-2H3,(H,23,27)/t9-/m0/s1. The van der Waals surface area contributed by atoms with Gasteiger partial charge in [-0.25, -0.2) is 17.6 Å². The number of nitrogens with zero attached hydrogens (tertiary/aromatic N) is 3. The van der Waals surface area contributed by atoms with E-state index in [1.807, 2.05) is 0 Å². The molecule has 0 aliphatic carbocycles. The second kappa shape index (κ2) is 8.01. The highest BCUT2D eigenvalue weighted by atomic mass is 32.2. The molecule has 1 atom stereocenters. The number of anilines is 1. The van der Waals surface area contributed by atoms with E-state index in [1.54, 1.807) is 30.7 Å². The van der Waals surface area contributed by atoms with Crippen molar-refractivity contribution in [1.82, 2.24) is 14.8 Å². The first kappa shape index (κ1) is 19.9. The van der Waals surface area contributed by atoms with Crippen molar-refractivity contribution < 1.29 is 22.4 Å². The fourth-order valence-corrected chi connectivity index (χ4v) is 3.15. The van der Waals surface area contributed by atoms with Crippen LogP contribution in [0.5, 0.6) is 0 Å². The molecule has 0 aliphatic rings. The van der Waals surface area contributed by atoms with Crippen LogP contribution < -0.4 is 5.32 Å². The van der Waals surface area contributed by atoms with Crippen LogP contribution in [-0.4, -0.2) is 25.9 Å². The van der Waals surface area contributed by atoms with Crippen molar-refractivity contribution in [3.8, 4) is 11.4 Å². The summed E-state index contributed by atoms with van der Waals surface area (Å²) in [5.41, 5.74) is 0.186. The van der Waals surface area contributed by atoms with Crippen molar-refractivity contribution in [2.45, 2.75) is 17.3 Å². The van der Waals surface area contributed by atoms with Crippen molar-refractivity contribution in [3.63, 3.8) is 0 Å². The molecule has 28 heavy (non-hydrogen) atoms. The first-order chi connectivity index (χ1) is 13.3. The minimum Gasteiger partial charge on any atom is -0.323 e. The van der Waals surface area contributed by atoms with Gasteiger partial charge in [-0.05, 0) is 43.3 Å². The van der Waals surface area contributed by atoms with E-state index in [-0.39, 0.29) is 5.82 Å². The summed E-state index contributed by atoms with van der Waals surface area (Å²) in [5, 5.41) is 9.92. The smallest absolute Gasteiger partial charge is 0.237 e. The third-order valence-corrected chi connectivity index (χ3v) is 5.02. The quantitative estimate of drug-likeness (QED) is 0.390. The molecule has 5 nitrogen and oxygen atoms in total. The molecule has 1 heterocycles. The van der Waals surface area contributed by atoms with E-state index in [0.717, 1.165) is 23.9 Å². The van der Waals surface area contributed by atoms with Gasteiger partial charge in [0.15, 0.2) is 28.4 Å². The van der Waals surface area contributed by atoms with Crippen LogP contribution in [0.1, 0.15) is 6.92 Å². The van der Waals surface area contributed by atoms with Crippen molar-refractivity contribution >= 4 is 23.4 Å². The lowest BCUT2D eigenvalue weighted by Gasteiger charge is -2.12. The fourth-order valence-electron chi connectivity index (χ4n) is 2.34. The maximum absolute atomic E-state index is 13.7. The number of amides is 1. The number of hydrogen-bond donors (Lipinski definition) is 1. The zero-order valence-corrected chi connectivity index (χ0v) is 15.5. The molecular weight excluding hydrogens is 396 g/mol. The zero-order chi connectivity index (χ0) is 20.4. The number of hydrogen-bond acceptors (Lipinski definition) is 4. The first-order valence-electron chi connectivity index (χ1n) is 8.04. The summed E-state index contributed by atoms with van der Waals surface area (Å²) in [7, 11) is 1.68. The Balaban J connectivity index is 1.73. The van der Waals surface area contributed by atoms with Gasteiger partial charge >= 0.3 is 0 Å². The number of carbonyl (C=O) groups is 1. The van der Waals surface area contributed by atoms with Crippen molar-refractivity contribution in [2.24, 2.45) is 7.05 Å². The van der Waals surface area contributed by atoms with Gasteiger partial charge < -0.3 is 9.88 Å². The number of thioether (sulfide) groups is 1. The molecule has 0 aliphatic heterocycles. The summed E-state index contributed by atoms with van der Waals surface area (Å²) in [6.45, 7) is 1.55. The Hall–Kier alpha value is -2.88. The highest BCUT2D eigenvalue weighted by molar-refractivity contribution is 8.00. The van der Waals surface area contributed by atoms with E-state index in [1.165, 1.54) is 12.1 Å². The third kappa shape index (κ3) is 4.01. The van der Waals surface area contributed by atoms with Gasteiger partial charge in [0.2, 0.25) is 5.91 Å². The van der Waals surface area contributed by atoms with Crippen LogP contribution in [0, 0.1) is 23.3 Å². The minimum absolute atomic E-state index is 0.379. The molecule has 3 aromatic rings. The zero-order valence-electron chi connectivity index (χ0n) is 14.7. The maximum atomic E-state index is 13.7. The number of rotatable bonds is 5. The predicted octanol–water partition coefficient (Wildman–Crippen LogP) is 4.16. The SMILES string of the molecule is C[C@H](Sc1nnc(-c2ccc(F)cc2)n1C)C(=O)Nc1ccc(F)c(F)c1F. The molecule has 1 amide bonds. The third-order valence-electron chi connectivity index (χ3n) is 3.88. The molecule has 3 rings (SSSR count). The maximum Gasteiger partial charge on any atom is 0.237 e. The van der Waals surface area contributed by atoms with Gasteiger partial charge in [0, 0.05) is 12.6 Å². The Morgan fingerprint density at radius 2 is 1.71 bits per heavy atom. The summed E-state index contributed by atoms with van der Waals surface area (Å²) in [6, 6.07) is 7.36. The van der Waals surface area contributed by atoms with Crippen molar-refractivity contribution in [3.05, 3.63) is 59.7 Å². The van der Waals surface area contributed by atoms with Crippen LogP contribution >= 0.6 is 11.8 Å². The van der Waals surface area contributed by atoms with Crippen LogP contribution in [0.4, 0.5) is 23.2 Å². The van der Waals surface area contributed by atoms with E-state index in [0.29, 0.717) is 16.5 Å². The van der Waals surface area contributed by atoms with Gasteiger partial charge in [0.05, 0.1) is 10.9 Å². The van der Waals surface area contributed by atoms with Crippen LogP contribution in [0.25, 0.3) is 11.4 Å². The number of benzene rings is 2. The average molecular weight is 410 g/mol. The molecule has 0 spiro atoms. The lowest BCUT2D eigenvalue weighted by molar-refractivity contribution is -0.115. The molecular formula is C18H14F4N4OS. The van der Waals surface area contributed by atoms with Crippen molar-refractivity contribution in [1.29, 1.82) is 0 Å².